The van der Waals surface area contributed by atoms with Gasteiger partial charge in [0.2, 0.25) is 17.7 Å². The topological polar surface area (TPSA) is 131 Å². The summed E-state index contributed by atoms with van der Waals surface area (Å²) < 4.78 is 5.29. The van der Waals surface area contributed by atoms with Gasteiger partial charge in [-0.15, -0.1) is 6.42 Å². The molecule has 0 aliphatic carbocycles. The van der Waals surface area contributed by atoms with Gasteiger partial charge in [0.1, 0.15) is 17.7 Å². The summed E-state index contributed by atoms with van der Waals surface area (Å²) in [6.45, 7) is 11.0. The molecule has 1 aromatic carbocycles. The molecule has 0 bridgehead atoms. The van der Waals surface area contributed by atoms with Crippen LogP contribution in [0.3, 0.4) is 0 Å². The molecule has 204 valence electrons. The van der Waals surface area contributed by atoms with Crippen LogP contribution in [-0.2, 0) is 19.1 Å². The van der Waals surface area contributed by atoms with E-state index in [2.05, 4.69) is 23.5 Å². The first kappa shape index (κ1) is 31.5. The standard InChI is InChI=1S/C28H42N4O5/c1-8-10-11-12-17-32(26(35)22(18-23(29)33)31-27(36)37-28(5,6)7)24(25(34)30-19(3)4)21-15-13-20(9-2)14-16-21/h2,13-16,19,22,24H,8,10-12,17-18H2,1,3-7H3,(H2,29,33)(H,30,34)(H,31,36). The van der Waals surface area contributed by atoms with E-state index in [-0.39, 0.29) is 18.5 Å². The largest absolute Gasteiger partial charge is 0.444 e. The van der Waals surface area contributed by atoms with Crippen LogP contribution in [0.5, 0.6) is 0 Å². The number of unbranched alkanes of at least 4 members (excludes halogenated alkanes) is 3. The molecule has 2 atom stereocenters. The Morgan fingerprint density at radius 2 is 1.68 bits per heavy atom. The Balaban J connectivity index is 3.50. The van der Waals surface area contributed by atoms with Crippen molar-refractivity contribution in [2.75, 3.05) is 6.54 Å². The minimum absolute atomic E-state index is 0.182. The average Bonchev–Trinajstić information content (AvgIpc) is 2.78. The highest BCUT2D eigenvalue weighted by Gasteiger charge is 2.36. The predicted octanol–water partition coefficient (Wildman–Crippen LogP) is 3.41. The summed E-state index contributed by atoms with van der Waals surface area (Å²) in [6.07, 6.45) is 7.60. The normalized spacial score (nSPS) is 12.7. The number of rotatable bonds is 13. The summed E-state index contributed by atoms with van der Waals surface area (Å²) in [4.78, 5) is 53.1. The van der Waals surface area contributed by atoms with Crippen LogP contribution in [0, 0.1) is 12.3 Å². The monoisotopic (exact) mass is 514 g/mol. The fraction of sp³-hybridized carbons (Fsp3) is 0.571. The van der Waals surface area contributed by atoms with Crippen LogP contribution in [0.25, 0.3) is 0 Å². The minimum atomic E-state index is -1.31. The van der Waals surface area contributed by atoms with Crippen molar-refractivity contribution in [2.24, 2.45) is 5.73 Å². The van der Waals surface area contributed by atoms with Gasteiger partial charge < -0.3 is 26.0 Å². The SMILES string of the molecule is C#Cc1ccc(C(C(=O)NC(C)C)N(CCCCCC)C(=O)C(CC(N)=O)NC(=O)OC(C)(C)C)cc1. The molecule has 0 fully saturated rings. The van der Waals surface area contributed by atoms with Crippen molar-refractivity contribution in [3.8, 4) is 12.3 Å². The van der Waals surface area contributed by atoms with Gasteiger partial charge in [-0.05, 0) is 58.7 Å². The number of carbonyl (C=O) groups is 4. The molecule has 9 heteroatoms. The molecule has 0 saturated carbocycles. The van der Waals surface area contributed by atoms with Gasteiger partial charge in [0.05, 0.1) is 6.42 Å². The second-order valence-electron chi connectivity index (χ2n) is 10.3. The number of carbonyl (C=O) groups excluding carboxylic acids is 4. The quantitative estimate of drug-likeness (QED) is 0.274. The number of alkyl carbamates (subject to hydrolysis) is 1. The molecule has 4 amide bonds. The summed E-state index contributed by atoms with van der Waals surface area (Å²) in [5.41, 5.74) is 5.78. The fourth-order valence-corrected chi connectivity index (χ4v) is 3.72. The number of hydrogen-bond donors (Lipinski definition) is 3. The molecule has 0 aromatic heterocycles. The lowest BCUT2D eigenvalue weighted by Gasteiger charge is -2.34. The molecule has 2 unspecified atom stereocenters. The molecule has 4 N–H and O–H groups in total. The predicted molar refractivity (Wildman–Crippen MR) is 143 cm³/mol. The maximum absolute atomic E-state index is 13.9. The second kappa shape index (κ2) is 14.9. The maximum Gasteiger partial charge on any atom is 0.408 e. The molecule has 9 nitrogen and oxygen atoms in total. The zero-order valence-electron chi connectivity index (χ0n) is 22.9. The van der Waals surface area contributed by atoms with Crippen LogP contribution in [0.15, 0.2) is 24.3 Å². The Morgan fingerprint density at radius 1 is 1.05 bits per heavy atom. The molecule has 0 radical (unpaired) electrons. The summed E-state index contributed by atoms with van der Waals surface area (Å²) in [6, 6.07) is 4.30. The van der Waals surface area contributed by atoms with Crippen molar-refractivity contribution < 1.29 is 23.9 Å². The van der Waals surface area contributed by atoms with Crippen molar-refractivity contribution in [3.63, 3.8) is 0 Å². The van der Waals surface area contributed by atoms with E-state index >= 15 is 0 Å². The Labute approximate surface area is 220 Å². The van der Waals surface area contributed by atoms with E-state index in [0.717, 1.165) is 19.3 Å². The van der Waals surface area contributed by atoms with E-state index in [9.17, 15) is 19.2 Å². The summed E-state index contributed by atoms with van der Waals surface area (Å²) >= 11 is 0. The van der Waals surface area contributed by atoms with Gasteiger partial charge in [0.25, 0.3) is 0 Å². The Morgan fingerprint density at radius 3 is 2.16 bits per heavy atom. The van der Waals surface area contributed by atoms with Gasteiger partial charge in [0, 0.05) is 18.2 Å². The van der Waals surface area contributed by atoms with Gasteiger partial charge in [0.15, 0.2) is 0 Å². The Kier molecular flexibility index (Phi) is 12.7. The lowest BCUT2D eigenvalue weighted by molar-refractivity contribution is -0.143. The highest BCUT2D eigenvalue weighted by Crippen LogP contribution is 2.25. The van der Waals surface area contributed by atoms with E-state index in [1.165, 1.54) is 4.90 Å². The first-order valence-electron chi connectivity index (χ1n) is 12.7. The summed E-state index contributed by atoms with van der Waals surface area (Å²) in [5, 5.41) is 5.36. The van der Waals surface area contributed by atoms with Crippen LogP contribution in [0.1, 0.15) is 90.8 Å². The zero-order chi connectivity index (χ0) is 28.2. The van der Waals surface area contributed by atoms with Crippen LogP contribution >= 0.6 is 0 Å². The minimum Gasteiger partial charge on any atom is -0.444 e. The number of nitrogens with one attached hydrogen (secondary N) is 2. The van der Waals surface area contributed by atoms with Crippen LogP contribution in [0.4, 0.5) is 4.79 Å². The third-order valence-electron chi connectivity index (χ3n) is 5.31. The number of benzene rings is 1. The molecule has 0 heterocycles. The van der Waals surface area contributed by atoms with Crippen molar-refractivity contribution in [3.05, 3.63) is 35.4 Å². The first-order valence-corrected chi connectivity index (χ1v) is 12.7. The lowest BCUT2D eigenvalue weighted by atomic mass is 9.99. The second-order valence-corrected chi connectivity index (χ2v) is 10.3. The number of amides is 4. The number of terminal acetylenes is 1. The summed E-state index contributed by atoms with van der Waals surface area (Å²) in [5.74, 6) is 0.773. The molecule has 0 spiro atoms. The highest BCUT2D eigenvalue weighted by atomic mass is 16.6. The van der Waals surface area contributed by atoms with Gasteiger partial charge in [-0.25, -0.2) is 4.79 Å². The van der Waals surface area contributed by atoms with Gasteiger partial charge in [-0.3, -0.25) is 14.4 Å². The zero-order valence-corrected chi connectivity index (χ0v) is 22.9. The molecule has 1 rings (SSSR count). The van der Waals surface area contributed by atoms with Gasteiger partial charge in [-0.1, -0.05) is 44.2 Å². The number of nitrogens with two attached hydrogens (primary N) is 1. The fourth-order valence-electron chi connectivity index (χ4n) is 3.72. The Hall–Kier alpha value is -3.54. The molecule has 0 saturated heterocycles. The molecule has 0 aliphatic heterocycles. The first-order chi connectivity index (χ1) is 17.3. The lowest BCUT2D eigenvalue weighted by Crippen LogP contribution is -2.54. The maximum atomic E-state index is 13.9. The molecule has 1 aromatic rings. The van der Waals surface area contributed by atoms with Crippen LogP contribution in [-0.4, -0.2) is 52.9 Å². The van der Waals surface area contributed by atoms with E-state index in [1.54, 1.807) is 45.0 Å². The van der Waals surface area contributed by atoms with Crippen LogP contribution < -0.4 is 16.4 Å². The van der Waals surface area contributed by atoms with Crippen molar-refractivity contribution in [1.82, 2.24) is 15.5 Å². The average molecular weight is 515 g/mol. The van der Waals surface area contributed by atoms with Crippen molar-refractivity contribution >= 4 is 23.8 Å². The van der Waals surface area contributed by atoms with Gasteiger partial charge >= 0.3 is 6.09 Å². The Bertz CT molecular complexity index is 960. The third kappa shape index (κ3) is 11.4. The third-order valence-corrected chi connectivity index (χ3v) is 5.31. The van der Waals surface area contributed by atoms with E-state index < -0.39 is 42.0 Å². The van der Waals surface area contributed by atoms with Gasteiger partial charge in [-0.2, -0.15) is 0 Å². The van der Waals surface area contributed by atoms with E-state index in [1.807, 2.05) is 13.8 Å². The summed E-state index contributed by atoms with van der Waals surface area (Å²) in [7, 11) is 0. The number of primary amides is 1. The van der Waals surface area contributed by atoms with Crippen molar-refractivity contribution in [1.29, 1.82) is 0 Å². The smallest absolute Gasteiger partial charge is 0.408 e. The van der Waals surface area contributed by atoms with E-state index in [0.29, 0.717) is 17.5 Å². The number of hydrogen-bond acceptors (Lipinski definition) is 5. The van der Waals surface area contributed by atoms with Crippen LogP contribution in [0.2, 0.25) is 0 Å². The highest BCUT2D eigenvalue weighted by molar-refractivity contribution is 5.94. The molecule has 37 heavy (non-hydrogen) atoms. The molecule has 0 aliphatic rings. The van der Waals surface area contributed by atoms with Crippen molar-refractivity contribution in [2.45, 2.75) is 97.4 Å². The molecular weight excluding hydrogens is 472 g/mol. The number of ether oxygens (including phenoxy) is 1. The van der Waals surface area contributed by atoms with E-state index in [4.69, 9.17) is 16.9 Å². The molecular formula is C28H42N4O5. The number of nitrogens with zero attached hydrogens (tertiary/aromatic N) is 1.